The summed E-state index contributed by atoms with van der Waals surface area (Å²) in [6.07, 6.45) is 0.437. The normalized spacial score (nSPS) is 13.3. The molecular formula is C12H18Cl2FeNO. The standard InChI is InChI=1S/C12H18NO.2ClH.Fe/c1-9-6-4-5-7-12(9)13-10(2)8-11(3)14;;;/h4-7,10-11,14H,8H2,1-3H3;2*1H;/q-1;;;+3/p-2. The van der Waals surface area contributed by atoms with Gasteiger partial charge >= 0.3 is 33.3 Å². The zero-order valence-electron chi connectivity index (χ0n) is 10.2. The van der Waals surface area contributed by atoms with Crippen LogP contribution in [0.1, 0.15) is 25.8 Å². The van der Waals surface area contributed by atoms with Crippen LogP contribution in [0.2, 0.25) is 0 Å². The first-order valence-corrected chi connectivity index (χ1v) is 8.34. The van der Waals surface area contributed by atoms with Crippen LogP contribution < -0.4 is 0 Å². The van der Waals surface area contributed by atoms with Crippen molar-refractivity contribution in [2.45, 2.75) is 39.3 Å². The van der Waals surface area contributed by atoms with Gasteiger partial charge in [-0.25, -0.2) is 0 Å². The van der Waals surface area contributed by atoms with Crippen LogP contribution in [0.5, 0.6) is 0 Å². The molecule has 0 amide bonds. The Labute approximate surface area is 118 Å². The molecule has 1 rings (SSSR count). The number of halogens is 2. The Morgan fingerprint density at radius 1 is 1.29 bits per heavy atom. The van der Waals surface area contributed by atoms with Gasteiger partial charge in [0.25, 0.3) is 0 Å². The molecule has 0 spiro atoms. The first-order valence-electron chi connectivity index (χ1n) is 5.31. The van der Waals surface area contributed by atoms with E-state index in [4.69, 9.17) is 20.2 Å². The Hall–Kier alpha value is 0.0795. The number of aliphatic hydroxyl groups is 1. The van der Waals surface area contributed by atoms with Crippen LogP contribution in [-0.4, -0.2) is 17.3 Å². The second-order valence-corrected chi connectivity index (χ2v) is 5.72. The molecule has 0 fully saturated rings. The molecule has 0 aliphatic carbocycles. The zero-order valence-corrected chi connectivity index (χ0v) is 12.8. The molecule has 5 heteroatoms. The maximum atomic E-state index is 9.21. The molecule has 0 bridgehead atoms. The molecule has 99 valence electrons. The number of benzene rings is 1. The van der Waals surface area contributed by atoms with Crippen molar-refractivity contribution in [1.29, 1.82) is 0 Å². The fourth-order valence-corrected chi connectivity index (χ4v) is 1.49. The van der Waals surface area contributed by atoms with E-state index in [2.05, 4.69) is 5.32 Å². The fourth-order valence-electron chi connectivity index (χ4n) is 1.49. The molecule has 0 heterocycles. The predicted octanol–water partition coefficient (Wildman–Crippen LogP) is 4.54. The van der Waals surface area contributed by atoms with E-state index < -0.39 is 0 Å². The number of para-hydroxylation sites is 1. The first-order chi connectivity index (χ1) is 8.01. The molecule has 0 aromatic heterocycles. The van der Waals surface area contributed by atoms with Crippen molar-refractivity contribution >= 4 is 25.9 Å². The summed E-state index contributed by atoms with van der Waals surface area (Å²) in [5.41, 5.74) is 2.21. The predicted molar refractivity (Wildman–Crippen MR) is 71.7 cm³/mol. The molecule has 1 aromatic carbocycles. The van der Waals surface area contributed by atoms with E-state index in [9.17, 15) is 5.11 Å². The van der Waals surface area contributed by atoms with E-state index in [0.29, 0.717) is 6.42 Å². The average molecular weight is 319 g/mol. The Kier molecular flexibility index (Phi) is 10.1. The maximum absolute atomic E-state index is 9.21. The van der Waals surface area contributed by atoms with Crippen LogP contribution in [0.3, 0.4) is 0 Å². The number of aliphatic hydroxyl groups excluding tert-OH is 1. The second kappa shape index (κ2) is 10.0. The van der Waals surface area contributed by atoms with Crippen LogP contribution in [-0.2, 0) is 13.1 Å². The summed E-state index contributed by atoms with van der Waals surface area (Å²) in [6.45, 7) is 5.87. The van der Waals surface area contributed by atoms with Crippen molar-refractivity contribution in [3.63, 3.8) is 0 Å². The number of nitrogens with zero attached hydrogens (tertiary/aromatic N) is 1. The van der Waals surface area contributed by atoms with Gasteiger partial charge in [-0.15, -0.1) is 11.7 Å². The Bertz CT molecular complexity index is 310. The van der Waals surface area contributed by atoms with Gasteiger partial charge in [-0.3, -0.25) is 0 Å². The van der Waals surface area contributed by atoms with E-state index >= 15 is 0 Å². The van der Waals surface area contributed by atoms with Gasteiger partial charge in [-0.1, -0.05) is 36.8 Å². The van der Waals surface area contributed by atoms with Crippen molar-refractivity contribution in [2.24, 2.45) is 0 Å². The van der Waals surface area contributed by atoms with Gasteiger partial charge in [0, 0.05) is 6.10 Å². The number of hydrogen-bond acceptors (Lipinski definition) is 1. The van der Waals surface area contributed by atoms with E-state index in [-0.39, 0.29) is 25.3 Å². The summed E-state index contributed by atoms with van der Waals surface area (Å²) in [5.74, 6) is 0. The minimum atomic E-state index is -0.280. The SMILES string of the molecule is Cc1ccccc1[N-]C(C)CC(C)O.[Cl][Fe+][Cl]. The summed E-state index contributed by atoms with van der Waals surface area (Å²) in [5, 5.41) is 13.7. The monoisotopic (exact) mass is 318 g/mol. The molecule has 0 aliphatic rings. The first kappa shape index (κ1) is 17.1. The third kappa shape index (κ3) is 8.76. The molecular weight excluding hydrogens is 301 g/mol. The molecule has 2 nitrogen and oxygen atoms in total. The van der Waals surface area contributed by atoms with Gasteiger partial charge in [0.15, 0.2) is 0 Å². The fraction of sp³-hybridized carbons (Fsp3) is 0.500. The second-order valence-electron chi connectivity index (χ2n) is 3.90. The molecule has 0 aliphatic heterocycles. The number of rotatable bonds is 4. The van der Waals surface area contributed by atoms with Gasteiger partial charge in [0.05, 0.1) is 0 Å². The van der Waals surface area contributed by atoms with Crippen LogP contribution in [0.4, 0.5) is 5.69 Å². The van der Waals surface area contributed by atoms with E-state index in [1.807, 2.05) is 38.1 Å². The minimum absolute atomic E-state index is 0.177. The molecule has 0 radical (unpaired) electrons. The Balaban J connectivity index is 0.000000770. The van der Waals surface area contributed by atoms with Crippen molar-refractivity contribution in [2.75, 3.05) is 0 Å². The van der Waals surface area contributed by atoms with Crippen molar-refractivity contribution in [3.8, 4) is 0 Å². The number of hydrogen-bond donors (Lipinski definition) is 1. The summed E-state index contributed by atoms with van der Waals surface area (Å²) in [7, 11) is 9.53. The summed E-state index contributed by atoms with van der Waals surface area (Å²) >= 11 is 0.194. The summed E-state index contributed by atoms with van der Waals surface area (Å²) in [6, 6.07) is 8.23. The zero-order chi connectivity index (χ0) is 13.3. The molecule has 0 saturated carbocycles. The molecule has 17 heavy (non-hydrogen) atoms. The van der Waals surface area contributed by atoms with Gasteiger partial charge in [-0.05, 0) is 20.3 Å². The summed E-state index contributed by atoms with van der Waals surface area (Å²) in [4.78, 5) is 0. The van der Waals surface area contributed by atoms with E-state index in [1.54, 1.807) is 6.92 Å². The molecule has 2 unspecified atom stereocenters. The van der Waals surface area contributed by atoms with E-state index in [1.165, 1.54) is 5.56 Å². The molecule has 1 aromatic rings. The van der Waals surface area contributed by atoms with Crippen LogP contribution in [0, 0.1) is 6.92 Å². The van der Waals surface area contributed by atoms with Gasteiger partial charge < -0.3 is 10.4 Å². The van der Waals surface area contributed by atoms with Crippen molar-refractivity contribution < 1.29 is 18.2 Å². The van der Waals surface area contributed by atoms with Gasteiger partial charge in [-0.2, -0.15) is 0 Å². The Morgan fingerprint density at radius 2 is 1.82 bits per heavy atom. The van der Waals surface area contributed by atoms with E-state index in [0.717, 1.165) is 5.69 Å². The molecule has 2 atom stereocenters. The third-order valence-electron chi connectivity index (χ3n) is 2.16. The van der Waals surface area contributed by atoms with Crippen molar-refractivity contribution in [1.82, 2.24) is 0 Å². The van der Waals surface area contributed by atoms with Crippen LogP contribution in [0.25, 0.3) is 5.32 Å². The van der Waals surface area contributed by atoms with Gasteiger partial charge in [0.1, 0.15) is 0 Å². The third-order valence-corrected chi connectivity index (χ3v) is 2.16. The van der Waals surface area contributed by atoms with Crippen LogP contribution >= 0.6 is 20.2 Å². The van der Waals surface area contributed by atoms with Gasteiger partial charge in [0.2, 0.25) is 0 Å². The average Bonchev–Trinajstić information content (AvgIpc) is 2.21. The quantitative estimate of drug-likeness (QED) is 0.813. The van der Waals surface area contributed by atoms with Crippen molar-refractivity contribution in [3.05, 3.63) is 35.1 Å². The molecule has 1 N–H and O–H groups in total. The molecule has 0 saturated heterocycles. The Morgan fingerprint density at radius 3 is 2.29 bits per heavy atom. The summed E-state index contributed by atoms with van der Waals surface area (Å²) < 4.78 is 0. The topological polar surface area (TPSA) is 34.3 Å². The number of aryl methyl sites for hydroxylation is 1. The van der Waals surface area contributed by atoms with Crippen LogP contribution in [0.15, 0.2) is 24.3 Å².